The summed E-state index contributed by atoms with van der Waals surface area (Å²) in [4.78, 5) is 18.6. The van der Waals surface area contributed by atoms with E-state index >= 15 is 0 Å². The van der Waals surface area contributed by atoms with Crippen molar-refractivity contribution in [2.24, 2.45) is 0 Å². The number of hydrogen-bond donors (Lipinski definition) is 1. The molecule has 0 atom stereocenters. The Hall–Kier alpha value is -1.58. The fraction of sp³-hybridized carbons (Fsp3) is 0.571. The molecular formula is C14H21N3O. The number of nitrogens with zero attached hydrogens (tertiary/aromatic N) is 2. The number of aromatic nitrogens is 1. The lowest BCUT2D eigenvalue weighted by Gasteiger charge is -2.27. The van der Waals surface area contributed by atoms with Gasteiger partial charge in [-0.15, -0.1) is 0 Å². The molecule has 0 radical (unpaired) electrons. The van der Waals surface area contributed by atoms with Gasteiger partial charge in [-0.3, -0.25) is 4.79 Å². The fourth-order valence-electron chi connectivity index (χ4n) is 2.60. The van der Waals surface area contributed by atoms with Crippen LogP contribution in [0.2, 0.25) is 0 Å². The Balaban J connectivity index is 2.11. The second kappa shape index (κ2) is 5.85. The molecule has 4 nitrogen and oxygen atoms in total. The molecule has 4 heteroatoms. The summed E-state index contributed by atoms with van der Waals surface area (Å²) in [6, 6.07) is 4.10. The van der Waals surface area contributed by atoms with E-state index in [1.54, 1.807) is 12.3 Å². The van der Waals surface area contributed by atoms with Gasteiger partial charge in [-0.25, -0.2) is 4.98 Å². The SMILES string of the molecule is CCN(C(=O)c1ccc(NC)cn1)C1CCCC1. The van der Waals surface area contributed by atoms with Gasteiger partial charge in [-0.1, -0.05) is 12.8 Å². The van der Waals surface area contributed by atoms with Gasteiger partial charge in [-0.2, -0.15) is 0 Å². The lowest BCUT2D eigenvalue weighted by molar-refractivity contribution is 0.0687. The van der Waals surface area contributed by atoms with Crippen LogP contribution < -0.4 is 5.32 Å². The van der Waals surface area contributed by atoms with E-state index in [2.05, 4.69) is 10.3 Å². The molecule has 0 saturated heterocycles. The second-order valence-corrected chi connectivity index (χ2v) is 4.71. The van der Waals surface area contributed by atoms with Gasteiger partial charge >= 0.3 is 0 Å². The Kier molecular flexibility index (Phi) is 4.18. The van der Waals surface area contributed by atoms with Crippen LogP contribution in [0.4, 0.5) is 5.69 Å². The van der Waals surface area contributed by atoms with Crippen LogP contribution in [-0.4, -0.2) is 35.4 Å². The van der Waals surface area contributed by atoms with E-state index in [-0.39, 0.29) is 5.91 Å². The normalized spacial score (nSPS) is 15.7. The summed E-state index contributed by atoms with van der Waals surface area (Å²) in [5.41, 5.74) is 1.47. The molecule has 0 bridgehead atoms. The van der Waals surface area contributed by atoms with E-state index in [4.69, 9.17) is 0 Å². The van der Waals surface area contributed by atoms with Gasteiger partial charge in [0.05, 0.1) is 11.9 Å². The van der Waals surface area contributed by atoms with Gasteiger partial charge in [-0.05, 0) is 31.9 Å². The van der Waals surface area contributed by atoms with Gasteiger partial charge in [0.25, 0.3) is 5.91 Å². The molecule has 0 unspecified atom stereocenters. The third kappa shape index (κ3) is 2.63. The van der Waals surface area contributed by atoms with Gasteiger partial charge < -0.3 is 10.2 Å². The van der Waals surface area contributed by atoms with Crippen LogP contribution in [-0.2, 0) is 0 Å². The minimum absolute atomic E-state index is 0.0621. The van der Waals surface area contributed by atoms with Crippen molar-refractivity contribution in [1.29, 1.82) is 0 Å². The molecular weight excluding hydrogens is 226 g/mol. The molecule has 1 saturated carbocycles. The molecule has 1 aromatic rings. The highest BCUT2D eigenvalue weighted by Gasteiger charge is 2.26. The highest BCUT2D eigenvalue weighted by Crippen LogP contribution is 2.24. The topological polar surface area (TPSA) is 45.2 Å². The molecule has 1 heterocycles. The largest absolute Gasteiger partial charge is 0.387 e. The van der Waals surface area contributed by atoms with E-state index < -0.39 is 0 Å². The van der Waals surface area contributed by atoms with Crippen LogP contribution in [0.3, 0.4) is 0 Å². The number of carbonyl (C=O) groups excluding carboxylic acids is 1. The van der Waals surface area contributed by atoms with Crippen molar-refractivity contribution in [3.05, 3.63) is 24.0 Å². The number of nitrogens with one attached hydrogen (secondary N) is 1. The first-order valence-corrected chi connectivity index (χ1v) is 6.71. The monoisotopic (exact) mass is 247 g/mol. The van der Waals surface area contributed by atoms with E-state index in [0.717, 1.165) is 25.1 Å². The summed E-state index contributed by atoms with van der Waals surface area (Å²) < 4.78 is 0. The van der Waals surface area contributed by atoms with E-state index in [1.807, 2.05) is 24.9 Å². The van der Waals surface area contributed by atoms with Gasteiger partial charge in [0.2, 0.25) is 0 Å². The molecule has 1 aliphatic rings. The van der Waals surface area contributed by atoms with E-state index in [9.17, 15) is 4.79 Å². The average molecular weight is 247 g/mol. The van der Waals surface area contributed by atoms with Crippen molar-refractivity contribution < 1.29 is 4.79 Å². The van der Waals surface area contributed by atoms with Crippen LogP contribution >= 0.6 is 0 Å². The highest BCUT2D eigenvalue weighted by atomic mass is 16.2. The molecule has 0 aromatic carbocycles. The smallest absolute Gasteiger partial charge is 0.272 e. The van der Waals surface area contributed by atoms with Crippen LogP contribution in [0.1, 0.15) is 43.1 Å². The lowest BCUT2D eigenvalue weighted by Crippen LogP contribution is -2.39. The molecule has 0 aliphatic heterocycles. The summed E-state index contributed by atoms with van der Waals surface area (Å²) in [7, 11) is 1.84. The zero-order valence-electron chi connectivity index (χ0n) is 11.1. The maximum Gasteiger partial charge on any atom is 0.272 e. The van der Waals surface area contributed by atoms with Crippen LogP contribution in [0.25, 0.3) is 0 Å². The van der Waals surface area contributed by atoms with Crippen LogP contribution in [0, 0.1) is 0 Å². The lowest BCUT2D eigenvalue weighted by atomic mass is 10.2. The van der Waals surface area contributed by atoms with Crippen LogP contribution in [0.15, 0.2) is 18.3 Å². The second-order valence-electron chi connectivity index (χ2n) is 4.71. The van der Waals surface area contributed by atoms with Gasteiger partial charge in [0.1, 0.15) is 5.69 Å². The Bertz CT molecular complexity index is 396. The van der Waals surface area contributed by atoms with Gasteiger partial charge in [0, 0.05) is 19.6 Å². The Morgan fingerprint density at radius 3 is 2.67 bits per heavy atom. The molecule has 1 N–H and O–H groups in total. The molecule has 98 valence electrons. The Morgan fingerprint density at radius 2 is 2.17 bits per heavy atom. The molecule has 1 amide bonds. The third-order valence-electron chi connectivity index (χ3n) is 3.64. The van der Waals surface area contributed by atoms with Crippen molar-refractivity contribution in [1.82, 2.24) is 9.88 Å². The Morgan fingerprint density at radius 1 is 1.44 bits per heavy atom. The molecule has 2 rings (SSSR count). The minimum Gasteiger partial charge on any atom is -0.387 e. The zero-order chi connectivity index (χ0) is 13.0. The molecule has 18 heavy (non-hydrogen) atoms. The number of anilines is 1. The highest BCUT2D eigenvalue weighted by molar-refractivity contribution is 5.92. The van der Waals surface area contributed by atoms with Crippen molar-refractivity contribution >= 4 is 11.6 Å². The van der Waals surface area contributed by atoms with E-state index in [0.29, 0.717) is 11.7 Å². The summed E-state index contributed by atoms with van der Waals surface area (Å²) >= 11 is 0. The van der Waals surface area contributed by atoms with Crippen LogP contribution in [0.5, 0.6) is 0 Å². The van der Waals surface area contributed by atoms with Crippen molar-refractivity contribution in [2.45, 2.75) is 38.6 Å². The molecule has 1 aliphatic carbocycles. The predicted octanol–water partition coefficient (Wildman–Crippen LogP) is 2.53. The first-order chi connectivity index (χ1) is 8.76. The third-order valence-corrected chi connectivity index (χ3v) is 3.64. The first-order valence-electron chi connectivity index (χ1n) is 6.71. The number of carbonyl (C=O) groups is 1. The quantitative estimate of drug-likeness (QED) is 0.889. The summed E-state index contributed by atoms with van der Waals surface area (Å²) in [6.45, 7) is 2.80. The summed E-state index contributed by atoms with van der Waals surface area (Å²) in [6.07, 6.45) is 6.44. The maximum absolute atomic E-state index is 12.4. The standard InChI is InChI=1S/C14H21N3O/c1-3-17(12-6-4-5-7-12)14(18)13-9-8-11(15-2)10-16-13/h8-10,12,15H,3-7H2,1-2H3. The molecule has 1 aromatic heterocycles. The predicted molar refractivity (Wildman–Crippen MR) is 72.8 cm³/mol. The number of rotatable bonds is 4. The fourth-order valence-corrected chi connectivity index (χ4v) is 2.60. The number of hydrogen-bond acceptors (Lipinski definition) is 3. The van der Waals surface area contributed by atoms with Gasteiger partial charge in [0.15, 0.2) is 0 Å². The molecule has 1 fully saturated rings. The minimum atomic E-state index is 0.0621. The van der Waals surface area contributed by atoms with E-state index in [1.165, 1.54) is 12.8 Å². The van der Waals surface area contributed by atoms with Crippen molar-refractivity contribution in [3.8, 4) is 0 Å². The zero-order valence-corrected chi connectivity index (χ0v) is 11.1. The summed E-state index contributed by atoms with van der Waals surface area (Å²) in [5.74, 6) is 0.0621. The average Bonchev–Trinajstić information content (AvgIpc) is 2.93. The molecule has 0 spiro atoms. The number of pyridine rings is 1. The Labute approximate surface area is 108 Å². The maximum atomic E-state index is 12.4. The van der Waals surface area contributed by atoms with Crippen molar-refractivity contribution in [2.75, 3.05) is 18.9 Å². The number of amides is 1. The first kappa shape index (κ1) is 12.9. The van der Waals surface area contributed by atoms with Crippen molar-refractivity contribution in [3.63, 3.8) is 0 Å². The summed E-state index contributed by atoms with van der Waals surface area (Å²) in [5, 5.41) is 3.00.